The van der Waals surface area contributed by atoms with Crippen molar-refractivity contribution in [2.45, 2.75) is 0 Å². The van der Waals surface area contributed by atoms with Crippen LogP contribution in [0.15, 0.2) is 12.4 Å². The first-order valence-electron chi connectivity index (χ1n) is 3.77. The van der Waals surface area contributed by atoms with E-state index < -0.39 is 11.9 Å². The van der Waals surface area contributed by atoms with Gasteiger partial charge in [0.15, 0.2) is 0 Å². The Hall–Kier alpha value is -2.27. The SMILES string of the molecule is O=C([O-])c1c[nH]nn1.O=C([O-])c1c[nH]nn1.[Co+2]. The number of hydrogen-bond acceptors (Lipinski definition) is 8. The second-order valence-electron chi connectivity index (χ2n) is 2.29. The van der Waals surface area contributed by atoms with E-state index in [0.29, 0.717) is 0 Å². The van der Waals surface area contributed by atoms with E-state index in [1.54, 1.807) is 0 Å². The van der Waals surface area contributed by atoms with Crippen LogP contribution in [0.4, 0.5) is 0 Å². The molecule has 0 fully saturated rings. The number of nitrogens with zero attached hydrogens (tertiary/aromatic N) is 4. The molecule has 2 N–H and O–H groups in total. The Bertz CT molecular complexity index is 411. The quantitative estimate of drug-likeness (QED) is 0.569. The average Bonchev–Trinajstić information content (AvgIpc) is 2.93. The molecule has 11 heteroatoms. The van der Waals surface area contributed by atoms with Crippen molar-refractivity contribution in [2.75, 3.05) is 0 Å². The van der Waals surface area contributed by atoms with Crippen LogP contribution in [0.2, 0.25) is 0 Å². The van der Waals surface area contributed by atoms with Crippen LogP contribution in [0.25, 0.3) is 0 Å². The number of carbonyl (C=O) groups is 2. The van der Waals surface area contributed by atoms with Crippen LogP contribution in [0, 0.1) is 0 Å². The number of carboxylic acid groups (broad SMARTS) is 2. The second-order valence-corrected chi connectivity index (χ2v) is 2.29. The van der Waals surface area contributed by atoms with E-state index in [0.717, 1.165) is 12.4 Å². The Morgan fingerprint density at radius 3 is 1.41 bits per heavy atom. The largest absolute Gasteiger partial charge is 2.00 e. The zero-order chi connectivity index (χ0) is 12.0. The van der Waals surface area contributed by atoms with Gasteiger partial charge >= 0.3 is 16.8 Å². The summed E-state index contributed by atoms with van der Waals surface area (Å²) in [5.74, 6) is -2.64. The Labute approximate surface area is 104 Å². The number of aromatic nitrogens is 6. The molecule has 2 heterocycles. The molecule has 0 aliphatic rings. The summed E-state index contributed by atoms with van der Waals surface area (Å²) in [6.45, 7) is 0. The predicted molar refractivity (Wildman–Crippen MR) is 41.4 cm³/mol. The van der Waals surface area contributed by atoms with Crippen molar-refractivity contribution in [3.63, 3.8) is 0 Å². The van der Waals surface area contributed by atoms with Gasteiger partial charge in [-0.05, 0) is 0 Å². The van der Waals surface area contributed by atoms with Gasteiger partial charge in [-0.25, -0.2) is 0 Å². The van der Waals surface area contributed by atoms with Crippen LogP contribution >= 0.6 is 0 Å². The number of H-pyrrole nitrogens is 2. The van der Waals surface area contributed by atoms with Gasteiger partial charge in [0, 0.05) is 0 Å². The summed E-state index contributed by atoms with van der Waals surface area (Å²) < 4.78 is 0. The molecular weight excluding hydrogens is 279 g/mol. The monoisotopic (exact) mass is 283 g/mol. The number of carbonyl (C=O) groups excluding carboxylic acids is 2. The molecule has 0 aliphatic carbocycles. The third kappa shape index (κ3) is 4.85. The molecule has 0 spiro atoms. The summed E-state index contributed by atoms with van der Waals surface area (Å²) in [5.41, 5.74) is -0.352. The zero-order valence-electron chi connectivity index (χ0n) is 7.91. The summed E-state index contributed by atoms with van der Waals surface area (Å²) in [4.78, 5) is 19.7. The number of rotatable bonds is 2. The molecule has 0 aliphatic heterocycles. The Morgan fingerprint density at radius 1 is 0.941 bits per heavy atom. The Balaban J connectivity index is 0.000000284. The van der Waals surface area contributed by atoms with Crippen LogP contribution in [0.5, 0.6) is 0 Å². The van der Waals surface area contributed by atoms with Crippen molar-refractivity contribution in [3.8, 4) is 0 Å². The molecule has 0 atom stereocenters. The minimum Gasteiger partial charge on any atom is -0.543 e. The number of carboxylic acids is 2. The van der Waals surface area contributed by atoms with Crippen molar-refractivity contribution in [1.82, 2.24) is 30.8 Å². The normalized spacial score (nSPS) is 8.47. The zero-order valence-corrected chi connectivity index (χ0v) is 8.95. The molecule has 0 bridgehead atoms. The first-order chi connectivity index (χ1) is 7.61. The van der Waals surface area contributed by atoms with E-state index in [-0.39, 0.29) is 28.2 Å². The average molecular weight is 283 g/mol. The van der Waals surface area contributed by atoms with Gasteiger partial charge in [0.05, 0.1) is 24.3 Å². The van der Waals surface area contributed by atoms with E-state index in [2.05, 4.69) is 30.8 Å². The number of nitrogens with one attached hydrogen (secondary N) is 2. The fraction of sp³-hybridized carbons (Fsp3) is 0. The van der Waals surface area contributed by atoms with Crippen LogP contribution in [0.3, 0.4) is 0 Å². The third-order valence-corrected chi connectivity index (χ3v) is 1.25. The number of hydrogen-bond donors (Lipinski definition) is 2. The number of aromatic carboxylic acids is 2. The fourth-order valence-electron chi connectivity index (χ4n) is 0.603. The van der Waals surface area contributed by atoms with Gasteiger partial charge in [-0.3, -0.25) is 10.2 Å². The van der Waals surface area contributed by atoms with Crippen LogP contribution in [-0.2, 0) is 16.8 Å². The molecule has 2 rings (SSSR count). The van der Waals surface area contributed by atoms with Gasteiger partial charge in [0.25, 0.3) is 0 Å². The fourth-order valence-corrected chi connectivity index (χ4v) is 0.603. The van der Waals surface area contributed by atoms with E-state index in [4.69, 9.17) is 0 Å². The van der Waals surface area contributed by atoms with Crippen molar-refractivity contribution in [3.05, 3.63) is 23.8 Å². The van der Waals surface area contributed by atoms with E-state index in [1.165, 1.54) is 0 Å². The molecule has 0 unspecified atom stereocenters. The van der Waals surface area contributed by atoms with Gasteiger partial charge in [-0.15, -0.1) is 10.2 Å². The smallest absolute Gasteiger partial charge is 0.543 e. The summed E-state index contributed by atoms with van der Waals surface area (Å²) in [6, 6.07) is 0. The van der Waals surface area contributed by atoms with Gasteiger partial charge in [-0.2, -0.15) is 0 Å². The predicted octanol–water partition coefficient (Wildman–Crippen LogP) is -3.67. The number of aromatic amines is 2. The minimum absolute atomic E-state index is 0. The minimum atomic E-state index is -1.32. The van der Waals surface area contributed by atoms with Gasteiger partial charge in [0.2, 0.25) is 0 Å². The molecule has 1 radical (unpaired) electrons. The molecular formula is C6H4CoN6O4. The van der Waals surface area contributed by atoms with Gasteiger partial charge in [-0.1, -0.05) is 10.4 Å². The molecule has 91 valence electrons. The van der Waals surface area contributed by atoms with Crippen molar-refractivity contribution in [2.24, 2.45) is 0 Å². The molecule has 17 heavy (non-hydrogen) atoms. The summed E-state index contributed by atoms with van der Waals surface area (Å²) in [6.07, 6.45) is 2.30. The molecule has 0 amide bonds. The molecule has 0 aromatic carbocycles. The molecule has 0 saturated carbocycles. The second kappa shape index (κ2) is 7.08. The summed E-state index contributed by atoms with van der Waals surface area (Å²) in [5, 5.41) is 36.7. The topological polar surface area (TPSA) is 163 Å². The molecule has 2 aromatic rings. The van der Waals surface area contributed by atoms with Gasteiger partial charge < -0.3 is 19.8 Å². The van der Waals surface area contributed by atoms with Crippen LogP contribution in [0.1, 0.15) is 21.0 Å². The summed E-state index contributed by atoms with van der Waals surface area (Å²) >= 11 is 0. The Kier molecular flexibility index (Phi) is 6.13. The van der Waals surface area contributed by atoms with E-state index >= 15 is 0 Å². The van der Waals surface area contributed by atoms with Crippen molar-refractivity contribution in [1.29, 1.82) is 0 Å². The van der Waals surface area contributed by atoms with E-state index in [1.807, 2.05) is 0 Å². The maximum absolute atomic E-state index is 9.83. The maximum atomic E-state index is 9.83. The van der Waals surface area contributed by atoms with Crippen molar-refractivity contribution < 1.29 is 36.6 Å². The third-order valence-electron chi connectivity index (χ3n) is 1.25. The first-order valence-corrected chi connectivity index (χ1v) is 3.77. The summed E-state index contributed by atoms with van der Waals surface area (Å²) in [7, 11) is 0. The molecule has 0 saturated heterocycles. The first kappa shape index (κ1) is 14.7. The Morgan fingerprint density at radius 2 is 1.29 bits per heavy atom. The molecule has 10 nitrogen and oxygen atoms in total. The molecule has 2 aromatic heterocycles. The standard InChI is InChI=1S/2C3H3N3O2.Co/c2*7-3(8)2-1-4-6-5-2;/h2*1H,(H,7,8)(H,4,5,6);/q;;+2/p-2. The van der Waals surface area contributed by atoms with Crippen molar-refractivity contribution >= 4 is 11.9 Å². The van der Waals surface area contributed by atoms with Gasteiger partial charge in [0.1, 0.15) is 11.4 Å². The van der Waals surface area contributed by atoms with Crippen LogP contribution in [-0.4, -0.2) is 42.8 Å². The van der Waals surface area contributed by atoms with E-state index in [9.17, 15) is 19.8 Å². The maximum Gasteiger partial charge on any atom is 2.00 e. The van der Waals surface area contributed by atoms with Crippen LogP contribution < -0.4 is 10.2 Å².